The highest BCUT2D eigenvalue weighted by molar-refractivity contribution is 6.35. The Morgan fingerprint density at radius 1 is 1.41 bits per heavy atom. The van der Waals surface area contributed by atoms with Crippen molar-refractivity contribution in [3.05, 3.63) is 18.2 Å². The predicted molar refractivity (Wildman–Crippen MR) is 58.5 cm³/mol. The van der Waals surface area contributed by atoms with Gasteiger partial charge in [-0.2, -0.15) is 5.26 Å². The summed E-state index contributed by atoms with van der Waals surface area (Å²) in [5.41, 5.74) is 0. The average Bonchev–Trinajstić information content (AvgIpc) is 2.84. The van der Waals surface area contributed by atoms with Crippen LogP contribution in [0.25, 0.3) is 0 Å². The van der Waals surface area contributed by atoms with Crippen molar-refractivity contribution in [1.29, 1.82) is 5.26 Å². The molecule has 17 heavy (non-hydrogen) atoms. The summed E-state index contributed by atoms with van der Waals surface area (Å²) in [5, 5.41) is 12.8. The Balaban J connectivity index is 2.12. The van der Waals surface area contributed by atoms with Crippen molar-refractivity contribution in [2.75, 3.05) is 13.1 Å². The number of aromatic nitrogens is 2. The van der Waals surface area contributed by atoms with E-state index in [1.807, 2.05) is 0 Å². The summed E-state index contributed by atoms with van der Waals surface area (Å²) in [5.74, 6) is -0.669. The number of hydrogen-bond acceptors (Lipinski definition) is 4. The summed E-state index contributed by atoms with van der Waals surface area (Å²) in [6, 6.07) is 1.71. The Labute approximate surface area is 98.2 Å². The predicted octanol–water partition coefficient (Wildman–Crippen LogP) is -0.902. The van der Waals surface area contributed by atoms with Gasteiger partial charge in [0.1, 0.15) is 12.4 Å². The third kappa shape index (κ3) is 4.79. The molecular formula is C10H13N5O2. The lowest BCUT2D eigenvalue weighted by molar-refractivity contribution is -0.139. The maximum Gasteiger partial charge on any atom is 0.310 e. The molecule has 0 atom stereocenters. The molecule has 0 saturated heterocycles. The van der Waals surface area contributed by atoms with Gasteiger partial charge in [0.25, 0.3) is 0 Å². The Morgan fingerprint density at radius 3 is 2.82 bits per heavy atom. The molecule has 1 aromatic heterocycles. The zero-order valence-electron chi connectivity index (χ0n) is 9.19. The van der Waals surface area contributed by atoms with Crippen LogP contribution in [0.5, 0.6) is 0 Å². The number of carbonyl (C=O) groups excluding carboxylic acids is 2. The third-order valence-electron chi connectivity index (χ3n) is 1.96. The molecule has 1 rings (SSSR count). The number of aryl methyl sites for hydroxylation is 1. The lowest BCUT2D eigenvalue weighted by atomic mass is 10.3. The summed E-state index contributed by atoms with van der Waals surface area (Å²) in [4.78, 5) is 29.1. The molecular weight excluding hydrogens is 222 g/mol. The number of nitrogens with zero attached hydrogens (tertiary/aromatic N) is 2. The highest BCUT2D eigenvalue weighted by atomic mass is 16.2. The number of imidazole rings is 1. The normalized spacial score (nSPS) is 9.35. The summed E-state index contributed by atoms with van der Waals surface area (Å²) in [7, 11) is 0. The molecule has 7 heteroatoms. The Bertz CT molecular complexity index is 407. The quantitative estimate of drug-likeness (QED) is 0.349. The molecule has 0 aromatic carbocycles. The summed E-state index contributed by atoms with van der Waals surface area (Å²) in [6.07, 6.45) is 4.77. The molecule has 0 fully saturated rings. The fourth-order valence-electron chi connectivity index (χ4n) is 1.17. The zero-order chi connectivity index (χ0) is 12.5. The molecule has 0 saturated carbocycles. The van der Waals surface area contributed by atoms with Crippen LogP contribution in [0.15, 0.2) is 12.4 Å². The van der Waals surface area contributed by atoms with Gasteiger partial charge >= 0.3 is 11.8 Å². The molecule has 0 spiro atoms. The molecule has 0 radical (unpaired) electrons. The van der Waals surface area contributed by atoms with Crippen LogP contribution >= 0.6 is 0 Å². The first kappa shape index (κ1) is 12.7. The Kier molecular flexibility index (Phi) is 5.24. The molecule has 2 amide bonds. The lowest BCUT2D eigenvalue weighted by Gasteiger charge is -2.03. The fraction of sp³-hybridized carbons (Fsp3) is 0.400. The van der Waals surface area contributed by atoms with Gasteiger partial charge in [-0.05, 0) is 6.42 Å². The van der Waals surface area contributed by atoms with Crippen molar-refractivity contribution in [1.82, 2.24) is 20.6 Å². The number of H-pyrrole nitrogens is 1. The lowest BCUT2D eigenvalue weighted by Crippen LogP contribution is -2.40. The van der Waals surface area contributed by atoms with Crippen molar-refractivity contribution in [2.45, 2.75) is 12.8 Å². The number of amides is 2. The molecule has 90 valence electrons. The minimum atomic E-state index is -0.787. The number of hydrogen-bond donors (Lipinski definition) is 3. The van der Waals surface area contributed by atoms with Crippen molar-refractivity contribution >= 4 is 11.8 Å². The summed E-state index contributed by atoms with van der Waals surface area (Å²) < 4.78 is 0. The van der Waals surface area contributed by atoms with Crippen LogP contribution < -0.4 is 10.6 Å². The van der Waals surface area contributed by atoms with Crippen molar-refractivity contribution < 1.29 is 9.59 Å². The second-order valence-corrected chi connectivity index (χ2v) is 3.24. The van der Waals surface area contributed by atoms with Crippen molar-refractivity contribution in [2.24, 2.45) is 0 Å². The second-order valence-electron chi connectivity index (χ2n) is 3.24. The van der Waals surface area contributed by atoms with E-state index in [9.17, 15) is 9.59 Å². The van der Waals surface area contributed by atoms with E-state index in [1.54, 1.807) is 18.5 Å². The van der Waals surface area contributed by atoms with E-state index in [0.29, 0.717) is 19.4 Å². The van der Waals surface area contributed by atoms with Crippen molar-refractivity contribution in [3.63, 3.8) is 0 Å². The SMILES string of the molecule is N#CCNC(=O)C(=O)NCCCc1ncc[nH]1. The second kappa shape index (κ2) is 7.00. The molecule has 0 unspecified atom stereocenters. The molecule has 1 heterocycles. The highest BCUT2D eigenvalue weighted by Crippen LogP contribution is 1.93. The van der Waals surface area contributed by atoms with Crippen LogP contribution in [0.1, 0.15) is 12.2 Å². The summed E-state index contributed by atoms with van der Waals surface area (Å²) >= 11 is 0. The highest BCUT2D eigenvalue weighted by Gasteiger charge is 2.11. The van der Waals surface area contributed by atoms with Gasteiger partial charge in [0.2, 0.25) is 0 Å². The molecule has 7 nitrogen and oxygen atoms in total. The van der Waals surface area contributed by atoms with Gasteiger partial charge in [0, 0.05) is 25.4 Å². The standard InChI is InChI=1S/C10H13N5O2/c11-3-5-15-10(17)9(16)14-4-1-2-8-12-6-7-13-8/h6-7H,1-2,4-5H2,(H,12,13)(H,14,16)(H,15,17). The van der Waals surface area contributed by atoms with E-state index in [0.717, 1.165) is 5.82 Å². The molecule has 0 bridgehead atoms. The first-order chi connectivity index (χ1) is 8.24. The van der Waals surface area contributed by atoms with E-state index >= 15 is 0 Å². The number of rotatable bonds is 5. The fourth-order valence-corrected chi connectivity index (χ4v) is 1.17. The average molecular weight is 235 g/mol. The molecule has 0 aliphatic carbocycles. The van der Waals surface area contributed by atoms with Crippen LogP contribution in [0, 0.1) is 11.3 Å². The van der Waals surface area contributed by atoms with Gasteiger partial charge in [-0.15, -0.1) is 0 Å². The number of carbonyl (C=O) groups is 2. The van der Waals surface area contributed by atoms with E-state index in [-0.39, 0.29) is 6.54 Å². The minimum Gasteiger partial charge on any atom is -0.349 e. The van der Waals surface area contributed by atoms with E-state index in [2.05, 4.69) is 20.6 Å². The first-order valence-corrected chi connectivity index (χ1v) is 5.15. The third-order valence-corrected chi connectivity index (χ3v) is 1.96. The molecule has 1 aromatic rings. The molecule has 0 aliphatic heterocycles. The van der Waals surface area contributed by atoms with Crippen molar-refractivity contribution in [3.8, 4) is 6.07 Å². The van der Waals surface area contributed by atoms with Gasteiger partial charge < -0.3 is 15.6 Å². The maximum atomic E-state index is 11.2. The van der Waals surface area contributed by atoms with Gasteiger partial charge in [0.05, 0.1) is 6.07 Å². The number of nitrogens with one attached hydrogen (secondary N) is 3. The Morgan fingerprint density at radius 2 is 2.18 bits per heavy atom. The number of aromatic amines is 1. The molecule has 3 N–H and O–H groups in total. The van der Waals surface area contributed by atoms with E-state index < -0.39 is 11.8 Å². The van der Waals surface area contributed by atoms with Gasteiger partial charge in [-0.1, -0.05) is 0 Å². The molecule has 0 aliphatic rings. The van der Waals surface area contributed by atoms with Crippen LogP contribution in [-0.2, 0) is 16.0 Å². The largest absolute Gasteiger partial charge is 0.349 e. The van der Waals surface area contributed by atoms with Crippen LogP contribution in [0.3, 0.4) is 0 Å². The monoisotopic (exact) mass is 235 g/mol. The van der Waals surface area contributed by atoms with Crippen LogP contribution in [0.4, 0.5) is 0 Å². The van der Waals surface area contributed by atoms with Gasteiger partial charge in [0.15, 0.2) is 0 Å². The summed E-state index contributed by atoms with van der Waals surface area (Å²) in [6.45, 7) is 0.220. The van der Waals surface area contributed by atoms with Crippen LogP contribution in [-0.4, -0.2) is 34.9 Å². The van der Waals surface area contributed by atoms with Gasteiger partial charge in [-0.25, -0.2) is 4.98 Å². The van der Waals surface area contributed by atoms with Crippen LogP contribution in [0.2, 0.25) is 0 Å². The van der Waals surface area contributed by atoms with Gasteiger partial charge in [-0.3, -0.25) is 9.59 Å². The topological polar surface area (TPSA) is 111 Å². The maximum absolute atomic E-state index is 11.2. The van der Waals surface area contributed by atoms with E-state index in [1.165, 1.54) is 0 Å². The van der Waals surface area contributed by atoms with E-state index in [4.69, 9.17) is 5.26 Å². The number of nitriles is 1. The minimum absolute atomic E-state index is 0.168. The smallest absolute Gasteiger partial charge is 0.310 e. The Hall–Kier alpha value is -2.36. The zero-order valence-corrected chi connectivity index (χ0v) is 9.19. The first-order valence-electron chi connectivity index (χ1n) is 5.15.